The van der Waals surface area contributed by atoms with Gasteiger partial charge >= 0.3 is 0 Å². The van der Waals surface area contributed by atoms with Gasteiger partial charge in [-0.05, 0) is 36.5 Å². The first-order valence-electron chi connectivity index (χ1n) is 6.99. The summed E-state index contributed by atoms with van der Waals surface area (Å²) in [5.41, 5.74) is 6.52. The van der Waals surface area contributed by atoms with Crippen LogP contribution in [0.25, 0.3) is 0 Å². The molecule has 20 heavy (non-hydrogen) atoms. The topological polar surface area (TPSA) is 64.4 Å². The summed E-state index contributed by atoms with van der Waals surface area (Å²) in [6, 6.07) is 6.34. The fourth-order valence-corrected chi connectivity index (χ4v) is 2.35. The van der Waals surface area contributed by atoms with Crippen molar-refractivity contribution in [2.24, 2.45) is 5.73 Å². The van der Waals surface area contributed by atoms with Crippen molar-refractivity contribution in [1.29, 1.82) is 0 Å². The van der Waals surface area contributed by atoms with Crippen LogP contribution in [0.5, 0.6) is 0 Å². The Morgan fingerprint density at radius 3 is 2.75 bits per heavy atom. The zero-order chi connectivity index (χ0) is 14.5. The van der Waals surface area contributed by atoms with Gasteiger partial charge in [0.25, 0.3) is 0 Å². The Morgan fingerprint density at radius 2 is 2.15 bits per heavy atom. The molecule has 110 valence electrons. The SMILES string of the molecule is CC(CNC(=O)[C@@H]1CC[C@H](CN)O1)c1ccc(F)cc1. The van der Waals surface area contributed by atoms with Crippen molar-refractivity contribution in [3.8, 4) is 0 Å². The van der Waals surface area contributed by atoms with E-state index in [0.717, 1.165) is 18.4 Å². The molecular formula is C15H21FN2O2. The highest BCUT2D eigenvalue weighted by Crippen LogP contribution is 2.19. The zero-order valence-electron chi connectivity index (χ0n) is 11.6. The molecule has 5 heteroatoms. The zero-order valence-corrected chi connectivity index (χ0v) is 11.6. The van der Waals surface area contributed by atoms with E-state index in [9.17, 15) is 9.18 Å². The van der Waals surface area contributed by atoms with Gasteiger partial charge in [-0.1, -0.05) is 19.1 Å². The normalized spacial score (nSPS) is 23.6. The average molecular weight is 280 g/mol. The van der Waals surface area contributed by atoms with Crippen LogP contribution in [0.2, 0.25) is 0 Å². The largest absolute Gasteiger partial charge is 0.364 e. The van der Waals surface area contributed by atoms with E-state index in [2.05, 4.69) is 5.32 Å². The Bertz CT molecular complexity index is 450. The van der Waals surface area contributed by atoms with Crippen LogP contribution in [0.15, 0.2) is 24.3 Å². The maximum Gasteiger partial charge on any atom is 0.249 e. The van der Waals surface area contributed by atoms with E-state index >= 15 is 0 Å². The van der Waals surface area contributed by atoms with Gasteiger partial charge in [0.2, 0.25) is 5.91 Å². The lowest BCUT2D eigenvalue weighted by Crippen LogP contribution is -2.37. The molecule has 0 aromatic heterocycles. The second kappa shape index (κ2) is 6.81. The lowest BCUT2D eigenvalue weighted by Gasteiger charge is -2.16. The molecule has 1 aromatic carbocycles. The van der Waals surface area contributed by atoms with Crippen molar-refractivity contribution in [3.05, 3.63) is 35.6 Å². The molecule has 1 amide bonds. The number of ether oxygens (including phenoxy) is 1. The van der Waals surface area contributed by atoms with Crippen LogP contribution in [0.3, 0.4) is 0 Å². The fraction of sp³-hybridized carbons (Fsp3) is 0.533. The third kappa shape index (κ3) is 3.77. The minimum atomic E-state index is -0.385. The predicted molar refractivity (Wildman–Crippen MR) is 74.8 cm³/mol. The molecule has 1 aromatic rings. The van der Waals surface area contributed by atoms with Gasteiger partial charge in [-0.15, -0.1) is 0 Å². The van der Waals surface area contributed by atoms with Gasteiger partial charge in [0.05, 0.1) is 6.10 Å². The molecule has 2 rings (SSSR count). The minimum absolute atomic E-state index is 0.000252. The Morgan fingerprint density at radius 1 is 1.45 bits per heavy atom. The van der Waals surface area contributed by atoms with Crippen LogP contribution in [0, 0.1) is 5.82 Å². The molecule has 4 nitrogen and oxygen atoms in total. The van der Waals surface area contributed by atoms with Crippen LogP contribution in [-0.4, -0.2) is 31.2 Å². The summed E-state index contributed by atoms with van der Waals surface area (Å²) in [5, 5.41) is 2.88. The number of nitrogens with one attached hydrogen (secondary N) is 1. The van der Waals surface area contributed by atoms with E-state index < -0.39 is 0 Å². The van der Waals surface area contributed by atoms with Crippen LogP contribution >= 0.6 is 0 Å². The Labute approximate surface area is 118 Å². The third-order valence-electron chi connectivity index (χ3n) is 3.68. The highest BCUT2D eigenvalue weighted by atomic mass is 19.1. The van der Waals surface area contributed by atoms with E-state index in [1.807, 2.05) is 6.92 Å². The first kappa shape index (κ1) is 14.9. The highest BCUT2D eigenvalue weighted by molar-refractivity contribution is 5.81. The fourth-order valence-electron chi connectivity index (χ4n) is 2.35. The predicted octanol–water partition coefficient (Wildman–Crippen LogP) is 1.55. The van der Waals surface area contributed by atoms with E-state index in [1.54, 1.807) is 12.1 Å². The highest BCUT2D eigenvalue weighted by Gasteiger charge is 2.29. The number of nitrogens with two attached hydrogens (primary N) is 1. The number of halogens is 1. The molecule has 1 heterocycles. The van der Waals surface area contributed by atoms with Gasteiger partial charge in [-0.3, -0.25) is 4.79 Å². The van der Waals surface area contributed by atoms with Gasteiger partial charge in [0.1, 0.15) is 11.9 Å². The van der Waals surface area contributed by atoms with Gasteiger partial charge in [0, 0.05) is 13.1 Å². The summed E-state index contributed by atoms with van der Waals surface area (Å²) in [6.45, 7) is 2.96. The van der Waals surface area contributed by atoms with Crippen molar-refractivity contribution in [3.63, 3.8) is 0 Å². The lowest BCUT2D eigenvalue weighted by atomic mass is 10.0. The van der Waals surface area contributed by atoms with Crippen molar-refractivity contribution in [2.45, 2.75) is 37.9 Å². The average Bonchev–Trinajstić information content (AvgIpc) is 2.94. The van der Waals surface area contributed by atoms with E-state index in [-0.39, 0.29) is 29.9 Å². The summed E-state index contributed by atoms with van der Waals surface area (Å²) in [5.74, 6) is -0.210. The monoisotopic (exact) mass is 280 g/mol. The van der Waals surface area contributed by atoms with Crippen LogP contribution in [0.4, 0.5) is 4.39 Å². The van der Waals surface area contributed by atoms with Crippen LogP contribution in [0.1, 0.15) is 31.2 Å². The van der Waals surface area contributed by atoms with Gasteiger partial charge in [0.15, 0.2) is 0 Å². The summed E-state index contributed by atoms with van der Waals surface area (Å²) in [6.07, 6.45) is 1.17. The molecule has 3 N–H and O–H groups in total. The molecule has 3 atom stereocenters. The van der Waals surface area contributed by atoms with E-state index in [1.165, 1.54) is 12.1 Å². The molecule has 0 bridgehead atoms. The maximum absolute atomic E-state index is 12.8. The maximum atomic E-state index is 12.8. The molecule has 1 unspecified atom stereocenters. The summed E-state index contributed by atoms with van der Waals surface area (Å²) >= 11 is 0. The second-order valence-corrected chi connectivity index (χ2v) is 5.26. The number of benzene rings is 1. The van der Waals surface area contributed by atoms with E-state index in [4.69, 9.17) is 10.5 Å². The second-order valence-electron chi connectivity index (χ2n) is 5.26. The molecule has 1 aliphatic heterocycles. The Hall–Kier alpha value is -1.46. The number of hydrogen-bond donors (Lipinski definition) is 2. The number of carbonyl (C=O) groups is 1. The molecule has 1 saturated heterocycles. The molecule has 0 radical (unpaired) electrons. The van der Waals surface area contributed by atoms with Crippen molar-refractivity contribution in [2.75, 3.05) is 13.1 Å². The molecular weight excluding hydrogens is 259 g/mol. The standard InChI is InChI=1S/C15H21FN2O2/c1-10(11-2-4-12(16)5-3-11)9-18-15(19)14-7-6-13(8-17)20-14/h2-5,10,13-14H,6-9,17H2,1H3,(H,18,19)/t10?,13-,14+/m1/s1. The molecule has 0 aliphatic carbocycles. The number of amides is 1. The summed E-state index contributed by atoms with van der Waals surface area (Å²) in [4.78, 5) is 12.0. The number of hydrogen-bond acceptors (Lipinski definition) is 3. The molecule has 0 spiro atoms. The minimum Gasteiger partial charge on any atom is -0.364 e. The summed E-state index contributed by atoms with van der Waals surface area (Å²) < 4.78 is 18.4. The third-order valence-corrected chi connectivity index (χ3v) is 3.68. The molecule has 0 saturated carbocycles. The number of carbonyl (C=O) groups excluding carboxylic acids is 1. The quantitative estimate of drug-likeness (QED) is 0.860. The Kier molecular flexibility index (Phi) is 5.09. The van der Waals surface area contributed by atoms with Gasteiger partial charge in [-0.2, -0.15) is 0 Å². The van der Waals surface area contributed by atoms with Crippen molar-refractivity contribution < 1.29 is 13.9 Å². The number of rotatable bonds is 5. The molecule has 1 aliphatic rings. The van der Waals surface area contributed by atoms with Gasteiger partial charge < -0.3 is 15.8 Å². The smallest absolute Gasteiger partial charge is 0.249 e. The first-order valence-corrected chi connectivity index (χ1v) is 6.99. The Balaban J connectivity index is 1.80. The van der Waals surface area contributed by atoms with E-state index in [0.29, 0.717) is 13.1 Å². The van der Waals surface area contributed by atoms with Gasteiger partial charge in [-0.25, -0.2) is 4.39 Å². The first-order chi connectivity index (χ1) is 9.60. The molecule has 1 fully saturated rings. The van der Waals surface area contributed by atoms with Crippen LogP contribution < -0.4 is 11.1 Å². The van der Waals surface area contributed by atoms with Crippen molar-refractivity contribution >= 4 is 5.91 Å². The summed E-state index contributed by atoms with van der Waals surface area (Å²) in [7, 11) is 0. The van der Waals surface area contributed by atoms with Crippen LogP contribution in [-0.2, 0) is 9.53 Å². The lowest BCUT2D eigenvalue weighted by molar-refractivity contribution is -0.131. The van der Waals surface area contributed by atoms with Crippen molar-refractivity contribution in [1.82, 2.24) is 5.32 Å².